The van der Waals surface area contributed by atoms with Crippen LogP contribution in [0.15, 0.2) is 42.9 Å². The number of alkyl halides is 1. The van der Waals surface area contributed by atoms with Gasteiger partial charge in [-0.1, -0.05) is 12.1 Å². The summed E-state index contributed by atoms with van der Waals surface area (Å²) in [5, 5.41) is 4.07. The van der Waals surface area contributed by atoms with Crippen LogP contribution in [0.4, 0.5) is 8.78 Å². The Bertz CT molecular complexity index is 920. The summed E-state index contributed by atoms with van der Waals surface area (Å²) >= 11 is 0. The maximum Gasteiger partial charge on any atom is 0.141 e. The van der Waals surface area contributed by atoms with E-state index in [0.717, 1.165) is 48.8 Å². The quantitative estimate of drug-likeness (QED) is 0.653. The van der Waals surface area contributed by atoms with Crippen molar-refractivity contribution in [1.29, 1.82) is 0 Å². The zero-order chi connectivity index (χ0) is 19.3. The molecule has 28 heavy (non-hydrogen) atoms. The van der Waals surface area contributed by atoms with Crippen LogP contribution in [0.5, 0.6) is 0 Å². The third kappa shape index (κ3) is 4.22. The molecule has 3 heterocycles. The summed E-state index contributed by atoms with van der Waals surface area (Å²) in [7, 11) is 0. The fraction of sp³-hybridized carbons (Fsp3) is 0.400. The van der Waals surface area contributed by atoms with E-state index in [2.05, 4.69) is 25.0 Å². The van der Waals surface area contributed by atoms with Crippen molar-refractivity contribution in [1.82, 2.24) is 29.6 Å². The van der Waals surface area contributed by atoms with E-state index in [-0.39, 0.29) is 18.3 Å². The van der Waals surface area contributed by atoms with E-state index >= 15 is 0 Å². The Balaban J connectivity index is 1.40. The first-order valence-corrected chi connectivity index (χ1v) is 9.47. The molecule has 0 unspecified atom stereocenters. The van der Waals surface area contributed by atoms with Crippen LogP contribution in [0.2, 0.25) is 0 Å². The third-order valence-corrected chi connectivity index (χ3v) is 5.10. The number of benzene rings is 1. The number of aromatic nitrogens is 5. The van der Waals surface area contributed by atoms with Crippen LogP contribution in [0.3, 0.4) is 0 Å². The maximum atomic E-state index is 13.5. The van der Waals surface area contributed by atoms with E-state index in [1.165, 1.54) is 18.5 Å². The molecule has 2 aromatic heterocycles. The average molecular weight is 384 g/mol. The van der Waals surface area contributed by atoms with Crippen LogP contribution in [0.25, 0.3) is 11.3 Å². The Labute approximate surface area is 162 Å². The molecule has 0 N–H and O–H groups in total. The lowest BCUT2D eigenvalue weighted by molar-refractivity contribution is 0.193. The number of hydrogen-bond donors (Lipinski definition) is 0. The first-order valence-electron chi connectivity index (χ1n) is 9.47. The average Bonchev–Trinajstić information content (AvgIpc) is 3.16. The van der Waals surface area contributed by atoms with Gasteiger partial charge in [0.1, 0.15) is 30.5 Å². The molecule has 1 saturated heterocycles. The Hall–Kier alpha value is -2.74. The highest BCUT2D eigenvalue weighted by Crippen LogP contribution is 2.27. The Morgan fingerprint density at radius 1 is 1.11 bits per heavy atom. The zero-order valence-corrected chi connectivity index (χ0v) is 15.5. The van der Waals surface area contributed by atoms with Gasteiger partial charge in [-0.15, -0.1) is 0 Å². The number of likely N-dealkylation sites (tertiary alicyclic amines) is 1. The fourth-order valence-corrected chi connectivity index (χ4v) is 3.61. The zero-order valence-electron chi connectivity index (χ0n) is 15.5. The van der Waals surface area contributed by atoms with Crippen molar-refractivity contribution < 1.29 is 8.78 Å². The number of nitrogens with zero attached hydrogens (tertiary/aromatic N) is 6. The van der Waals surface area contributed by atoms with Crippen molar-refractivity contribution in [2.24, 2.45) is 0 Å². The van der Waals surface area contributed by atoms with Crippen LogP contribution in [-0.4, -0.2) is 49.4 Å². The van der Waals surface area contributed by atoms with Crippen molar-refractivity contribution in [3.8, 4) is 11.3 Å². The first kappa shape index (κ1) is 18.6. The molecule has 3 aromatic rings. The van der Waals surface area contributed by atoms with Gasteiger partial charge >= 0.3 is 0 Å². The molecule has 0 amide bonds. The summed E-state index contributed by atoms with van der Waals surface area (Å²) in [6.45, 7) is 2.24. The summed E-state index contributed by atoms with van der Waals surface area (Å²) in [4.78, 5) is 15.7. The Morgan fingerprint density at radius 2 is 1.96 bits per heavy atom. The molecule has 4 rings (SSSR count). The highest BCUT2D eigenvalue weighted by Gasteiger charge is 2.24. The van der Waals surface area contributed by atoms with E-state index in [1.54, 1.807) is 16.9 Å². The number of hydrogen-bond acceptors (Lipinski definition) is 5. The van der Waals surface area contributed by atoms with Crippen molar-refractivity contribution >= 4 is 0 Å². The van der Waals surface area contributed by atoms with Crippen LogP contribution < -0.4 is 0 Å². The summed E-state index contributed by atoms with van der Waals surface area (Å²) in [5.41, 5.74) is 1.50. The molecule has 146 valence electrons. The van der Waals surface area contributed by atoms with Gasteiger partial charge in [-0.2, -0.15) is 5.10 Å². The Kier molecular flexibility index (Phi) is 5.66. The van der Waals surface area contributed by atoms with E-state index in [9.17, 15) is 8.78 Å². The molecule has 0 spiro atoms. The predicted octanol–water partition coefficient (Wildman–Crippen LogP) is 3.22. The standard InChI is InChI=1S/C20H22F2N6/c21-7-11-28-19(24-14-25-28)13-27-9-5-15(6-10-27)20-23-8-4-18(26-20)16-2-1-3-17(22)12-16/h1-4,8,12,14-15H,5-7,9-11,13H2. The molecule has 8 heteroatoms. The molecule has 0 bridgehead atoms. The Morgan fingerprint density at radius 3 is 2.75 bits per heavy atom. The molecule has 0 atom stereocenters. The lowest BCUT2D eigenvalue weighted by Gasteiger charge is -2.30. The van der Waals surface area contributed by atoms with E-state index < -0.39 is 6.67 Å². The monoisotopic (exact) mass is 384 g/mol. The highest BCUT2D eigenvalue weighted by molar-refractivity contribution is 5.58. The van der Waals surface area contributed by atoms with E-state index in [0.29, 0.717) is 6.54 Å². The normalized spacial score (nSPS) is 15.8. The van der Waals surface area contributed by atoms with Gasteiger partial charge in [0.2, 0.25) is 0 Å². The number of aryl methyl sites for hydroxylation is 1. The molecule has 1 aliphatic heterocycles. The van der Waals surface area contributed by atoms with E-state index in [1.807, 2.05) is 12.1 Å². The lowest BCUT2D eigenvalue weighted by Crippen LogP contribution is -2.34. The second kappa shape index (κ2) is 8.52. The van der Waals surface area contributed by atoms with Crippen molar-refractivity contribution in [2.45, 2.75) is 31.8 Å². The lowest BCUT2D eigenvalue weighted by atomic mass is 9.95. The molecule has 0 aliphatic carbocycles. The van der Waals surface area contributed by atoms with Gasteiger partial charge in [-0.25, -0.2) is 28.4 Å². The van der Waals surface area contributed by atoms with Crippen molar-refractivity contribution in [3.63, 3.8) is 0 Å². The largest absolute Gasteiger partial charge is 0.296 e. The van der Waals surface area contributed by atoms with Crippen LogP contribution in [0, 0.1) is 5.82 Å². The topological polar surface area (TPSA) is 59.7 Å². The highest BCUT2D eigenvalue weighted by atomic mass is 19.1. The minimum absolute atomic E-state index is 0.243. The second-order valence-corrected chi connectivity index (χ2v) is 6.95. The SMILES string of the molecule is FCCn1ncnc1CN1CCC(c2nccc(-c3cccc(F)c3)n2)CC1. The summed E-state index contributed by atoms with van der Waals surface area (Å²) in [6, 6.07) is 8.26. The first-order chi connectivity index (χ1) is 13.7. The number of piperidine rings is 1. The fourth-order valence-electron chi connectivity index (χ4n) is 3.61. The van der Waals surface area contributed by atoms with Crippen molar-refractivity contribution in [3.05, 3.63) is 60.3 Å². The molecular weight excluding hydrogens is 362 g/mol. The molecule has 1 aliphatic rings. The smallest absolute Gasteiger partial charge is 0.141 e. The summed E-state index contributed by atoms with van der Waals surface area (Å²) < 4.78 is 27.7. The maximum absolute atomic E-state index is 13.5. The van der Waals surface area contributed by atoms with Crippen molar-refractivity contribution in [2.75, 3.05) is 19.8 Å². The third-order valence-electron chi connectivity index (χ3n) is 5.10. The molecule has 1 fully saturated rings. The summed E-state index contributed by atoms with van der Waals surface area (Å²) in [6.07, 6.45) is 5.09. The molecule has 0 radical (unpaired) electrons. The molecular formula is C20H22F2N6. The van der Waals surface area contributed by atoms with Gasteiger partial charge in [-0.3, -0.25) is 4.90 Å². The van der Waals surface area contributed by atoms with Crippen LogP contribution in [0.1, 0.15) is 30.4 Å². The molecule has 1 aromatic carbocycles. The van der Waals surface area contributed by atoms with Crippen LogP contribution >= 0.6 is 0 Å². The van der Waals surface area contributed by atoms with Gasteiger partial charge in [0, 0.05) is 17.7 Å². The molecule has 6 nitrogen and oxygen atoms in total. The number of halogens is 2. The number of rotatable bonds is 6. The second-order valence-electron chi connectivity index (χ2n) is 6.95. The van der Waals surface area contributed by atoms with Gasteiger partial charge in [0.15, 0.2) is 0 Å². The van der Waals surface area contributed by atoms with Crippen LogP contribution in [-0.2, 0) is 13.1 Å². The summed E-state index contributed by atoms with van der Waals surface area (Å²) in [5.74, 6) is 1.60. The van der Waals surface area contributed by atoms with Gasteiger partial charge < -0.3 is 0 Å². The predicted molar refractivity (Wildman–Crippen MR) is 101 cm³/mol. The van der Waals surface area contributed by atoms with Gasteiger partial charge in [-0.05, 0) is 44.1 Å². The van der Waals surface area contributed by atoms with Gasteiger partial charge in [0.25, 0.3) is 0 Å². The van der Waals surface area contributed by atoms with E-state index in [4.69, 9.17) is 0 Å². The minimum Gasteiger partial charge on any atom is -0.296 e. The molecule has 0 saturated carbocycles. The minimum atomic E-state index is -0.447. The van der Waals surface area contributed by atoms with Gasteiger partial charge in [0.05, 0.1) is 18.8 Å².